The highest BCUT2D eigenvalue weighted by Gasteiger charge is 2.25. The first-order valence-electron chi connectivity index (χ1n) is 5.90. The van der Waals surface area contributed by atoms with Gasteiger partial charge in [-0.1, -0.05) is 0 Å². The second kappa shape index (κ2) is 4.89. The Morgan fingerprint density at radius 3 is 2.81 bits per heavy atom. The SMILES string of the molecule is Cc1nccnc1C(C)N(C)C1CCNC1. The van der Waals surface area contributed by atoms with Crippen LogP contribution in [0.25, 0.3) is 0 Å². The van der Waals surface area contributed by atoms with E-state index in [-0.39, 0.29) is 0 Å². The van der Waals surface area contributed by atoms with Crippen LogP contribution in [-0.2, 0) is 0 Å². The Morgan fingerprint density at radius 2 is 2.19 bits per heavy atom. The molecule has 1 aromatic rings. The van der Waals surface area contributed by atoms with Crippen molar-refractivity contribution in [2.75, 3.05) is 20.1 Å². The van der Waals surface area contributed by atoms with E-state index in [1.807, 2.05) is 6.92 Å². The first kappa shape index (κ1) is 11.5. The number of hydrogen-bond donors (Lipinski definition) is 1. The van der Waals surface area contributed by atoms with Crippen LogP contribution in [0.4, 0.5) is 0 Å². The molecule has 0 aromatic carbocycles. The minimum absolute atomic E-state index is 0.332. The molecule has 0 saturated carbocycles. The molecule has 1 aromatic heterocycles. The van der Waals surface area contributed by atoms with Crippen LogP contribution in [0, 0.1) is 6.92 Å². The molecule has 0 bridgehead atoms. The predicted molar refractivity (Wildman–Crippen MR) is 64.2 cm³/mol. The van der Waals surface area contributed by atoms with Gasteiger partial charge in [0, 0.05) is 25.0 Å². The highest BCUT2D eigenvalue weighted by molar-refractivity contribution is 5.13. The van der Waals surface area contributed by atoms with Crippen molar-refractivity contribution in [3.8, 4) is 0 Å². The summed E-state index contributed by atoms with van der Waals surface area (Å²) in [4.78, 5) is 11.2. The summed E-state index contributed by atoms with van der Waals surface area (Å²) in [6.07, 6.45) is 4.75. The smallest absolute Gasteiger partial charge is 0.0784 e. The second-order valence-electron chi connectivity index (χ2n) is 4.52. The molecule has 0 aliphatic carbocycles. The molecular weight excluding hydrogens is 200 g/mol. The summed E-state index contributed by atoms with van der Waals surface area (Å²) in [6, 6.07) is 0.954. The zero-order valence-corrected chi connectivity index (χ0v) is 10.3. The molecule has 2 heterocycles. The second-order valence-corrected chi connectivity index (χ2v) is 4.52. The average molecular weight is 220 g/mol. The van der Waals surface area contributed by atoms with Crippen molar-refractivity contribution in [1.29, 1.82) is 0 Å². The first-order chi connectivity index (χ1) is 7.70. The van der Waals surface area contributed by atoms with E-state index in [0.29, 0.717) is 12.1 Å². The number of aryl methyl sites for hydroxylation is 1. The van der Waals surface area contributed by atoms with Gasteiger partial charge in [-0.3, -0.25) is 14.9 Å². The number of rotatable bonds is 3. The Bertz CT molecular complexity index is 347. The van der Waals surface area contributed by atoms with Gasteiger partial charge in [0.15, 0.2) is 0 Å². The average Bonchev–Trinajstić information content (AvgIpc) is 2.81. The lowest BCUT2D eigenvalue weighted by atomic mass is 10.1. The highest BCUT2D eigenvalue weighted by Crippen LogP contribution is 2.22. The van der Waals surface area contributed by atoms with E-state index < -0.39 is 0 Å². The van der Waals surface area contributed by atoms with E-state index in [9.17, 15) is 0 Å². The van der Waals surface area contributed by atoms with Gasteiger partial charge in [0.05, 0.1) is 17.4 Å². The number of likely N-dealkylation sites (N-methyl/N-ethyl adjacent to an activating group) is 1. The molecule has 2 unspecified atom stereocenters. The molecule has 4 nitrogen and oxygen atoms in total. The largest absolute Gasteiger partial charge is 0.315 e. The topological polar surface area (TPSA) is 41.1 Å². The van der Waals surface area contributed by atoms with E-state index in [2.05, 4.69) is 34.2 Å². The van der Waals surface area contributed by atoms with Gasteiger partial charge in [0.25, 0.3) is 0 Å². The summed E-state index contributed by atoms with van der Waals surface area (Å²) in [7, 11) is 2.18. The minimum atomic E-state index is 0.332. The predicted octanol–water partition coefficient (Wildman–Crippen LogP) is 1.14. The molecule has 0 radical (unpaired) electrons. The van der Waals surface area contributed by atoms with Gasteiger partial charge in [-0.25, -0.2) is 0 Å². The molecule has 1 fully saturated rings. The van der Waals surface area contributed by atoms with Crippen LogP contribution in [0.15, 0.2) is 12.4 Å². The van der Waals surface area contributed by atoms with Gasteiger partial charge in [0.2, 0.25) is 0 Å². The number of nitrogens with one attached hydrogen (secondary N) is 1. The van der Waals surface area contributed by atoms with Crippen LogP contribution in [0.5, 0.6) is 0 Å². The standard InChI is InChI=1S/C12H20N4/c1-9-12(15-7-6-14-9)10(2)16(3)11-4-5-13-8-11/h6-7,10-11,13H,4-5,8H2,1-3H3. The van der Waals surface area contributed by atoms with Crippen molar-refractivity contribution >= 4 is 0 Å². The third-order valence-corrected chi connectivity index (χ3v) is 3.54. The molecule has 0 amide bonds. The lowest BCUT2D eigenvalue weighted by Gasteiger charge is -2.30. The van der Waals surface area contributed by atoms with Crippen molar-refractivity contribution in [1.82, 2.24) is 20.2 Å². The summed E-state index contributed by atoms with van der Waals surface area (Å²) < 4.78 is 0. The van der Waals surface area contributed by atoms with Gasteiger partial charge < -0.3 is 5.32 Å². The highest BCUT2D eigenvalue weighted by atomic mass is 15.2. The van der Waals surface area contributed by atoms with Gasteiger partial charge in [-0.05, 0) is 33.9 Å². The molecule has 4 heteroatoms. The minimum Gasteiger partial charge on any atom is -0.315 e. The molecule has 1 aliphatic rings. The number of nitrogens with zero attached hydrogens (tertiary/aromatic N) is 3. The normalized spacial score (nSPS) is 22.6. The van der Waals surface area contributed by atoms with Crippen LogP contribution in [0.2, 0.25) is 0 Å². The molecule has 2 rings (SSSR count). The fraction of sp³-hybridized carbons (Fsp3) is 0.667. The summed E-state index contributed by atoms with van der Waals surface area (Å²) in [5.41, 5.74) is 2.13. The van der Waals surface area contributed by atoms with E-state index in [0.717, 1.165) is 24.5 Å². The van der Waals surface area contributed by atoms with Crippen molar-refractivity contribution < 1.29 is 0 Å². The van der Waals surface area contributed by atoms with E-state index in [1.165, 1.54) is 6.42 Å². The Kier molecular flexibility index (Phi) is 3.51. The Labute approximate surface area is 97.1 Å². The molecule has 16 heavy (non-hydrogen) atoms. The van der Waals surface area contributed by atoms with Crippen LogP contribution in [0.1, 0.15) is 30.8 Å². The summed E-state index contributed by atoms with van der Waals surface area (Å²) >= 11 is 0. The fourth-order valence-electron chi connectivity index (χ4n) is 2.32. The molecule has 1 N–H and O–H groups in total. The monoisotopic (exact) mass is 220 g/mol. The lowest BCUT2D eigenvalue weighted by molar-refractivity contribution is 0.192. The summed E-state index contributed by atoms with van der Waals surface area (Å²) in [6.45, 7) is 6.44. The maximum atomic E-state index is 4.45. The summed E-state index contributed by atoms with van der Waals surface area (Å²) in [5, 5.41) is 3.40. The number of hydrogen-bond acceptors (Lipinski definition) is 4. The van der Waals surface area contributed by atoms with Crippen LogP contribution in [-0.4, -0.2) is 41.0 Å². The zero-order valence-electron chi connectivity index (χ0n) is 10.3. The third kappa shape index (κ3) is 2.23. The van der Waals surface area contributed by atoms with Gasteiger partial charge in [-0.2, -0.15) is 0 Å². The van der Waals surface area contributed by atoms with E-state index >= 15 is 0 Å². The van der Waals surface area contributed by atoms with Crippen molar-refractivity contribution in [3.63, 3.8) is 0 Å². The van der Waals surface area contributed by atoms with Crippen molar-refractivity contribution in [2.45, 2.75) is 32.4 Å². The van der Waals surface area contributed by atoms with Crippen LogP contribution < -0.4 is 5.32 Å². The zero-order chi connectivity index (χ0) is 11.5. The van der Waals surface area contributed by atoms with Crippen molar-refractivity contribution in [3.05, 3.63) is 23.8 Å². The third-order valence-electron chi connectivity index (χ3n) is 3.54. The Balaban J connectivity index is 2.11. The fourth-order valence-corrected chi connectivity index (χ4v) is 2.32. The van der Waals surface area contributed by atoms with Gasteiger partial charge >= 0.3 is 0 Å². The van der Waals surface area contributed by atoms with Gasteiger partial charge in [-0.15, -0.1) is 0 Å². The Hall–Kier alpha value is -1.00. The maximum absolute atomic E-state index is 4.45. The van der Waals surface area contributed by atoms with Crippen molar-refractivity contribution in [2.24, 2.45) is 0 Å². The molecule has 1 saturated heterocycles. The first-order valence-corrected chi connectivity index (χ1v) is 5.90. The quantitative estimate of drug-likeness (QED) is 0.829. The molecule has 88 valence electrons. The van der Waals surface area contributed by atoms with E-state index in [1.54, 1.807) is 12.4 Å². The molecule has 0 spiro atoms. The summed E-state index contributed by atoms with van der Waals surface area (Å²) in [5.74, 6) is 0. The molecule has 1 aliphatic heterocycles. The van der Waals surface area contributed by atoms with Crippen LogP contribution in [0.3, 0.4) is 0 Å². The molecule has 2 atom stereocenters. The van der Waals surface area contributed by atoms with Crippen LogP contribution >= 0.6 is 0 Å². The Morgan fingerprint density at radius 1 is 1.44 bits per heavy atom. The van der Waals surface area contributed by atoms with E-state index in [4.69, 9.17) is 0 Å². The number of aromatic nitrogens is 2. The lowest BCUT2D eigenvalue weighted by Crippen LogP contribution is -2.36. The molecular formula is C12H20N4. The maximum Gasteiger partial charge on any atom is 0.0784 e. The van der Waals surface area contributed by atoms with Gasteiger partial charge in [0.1, 0.15) is 0 Å².